The third kappa shape index (κ3) is 5.85. The van der Waals surface area contributed by atoms with Crippen molar-refractivity contribution in [1.29, 1.82) is 0 Å². The van der Waals surface area contributed by atoms with E-state index >= 15 is 0 Å². The van der Waals surface area contributed by atoms with Gasteiger partial charge in [0.1, 0.15) is 5.75 Å². The SMILES string of the molecule is CC1CCC(NS(=O)(=O)CC(=O)NC(C)c2ccc3c(c2)OCCCO3)CC1. The quantitative estimate of drug-likeness (QED) is 0.752. The Kier molecular flexibility index (Phi) is 6.82. The normalized spacial score (nSPS) is 23.5. The number of hydrogen-bond acceptors (Lipinski definition) is 5. The van der Waals surface area contributed by atoms with E-state index in [1.807, 2.05) is 25.1 Å². The average Bonchev–Trinajstić information content (AvgIpc) is 2.87. The van der Waals surface area contributed by atoms with Crippen LogP contribution < -0.4 is 19.5 Å². The molecule has 0 bridgehead atoms. The van der Waals surface area contributed by atoms with Gasteiger partial charge in [0.25, 0.3) is 0 Å². The maximum absolute atomic E-state index is 12.3. The second kappa shape index (κ2) is 9.13. The third-order valence-corrected chi connectivity index (χ3v) is 6.67. The summed E-state index contributed by atoms with van der Waals surface area (Å²) in [6.45, 7) is 5.20. The van der Waals surface area contributed by atoms with Crippen LogP contribution in [0.15, 0.2) is 18.2 Å². The number of benzene rings is 1. The van der Waals surface area contributed by atoms with Crippen molar-refractivity contribution in [2.24, 2.45) is 5.92 Å². The number of carbonyl (C=O) groups excluding carboxylic acids is 1. The molecular formula is C20H30N2O5S. The van der Waals surface area contributed by atoms with Crippen LogP contribution in [0.25, 0.3) is 0 Å². The lowest BCUT2D eigenvalue weighted by molar-refractivity contribution is -0.119. The summed E-state index contributed by atoms with van der Waals surface area (Å²) in [5.41, 5.74) is 0.837. The van der Waals surface area contributed by atoms with E-state index in [1.165, 1.54) is 0 Å². The zero-order valence-electron chi connectivity index (χ0n) is 16.6. The van der Waals surface area contributed by atoms with Gasteiger partial charge in [0.05, 0.1) is 19.3 Å². The Bertz CT molecular complexity index is 788. The minimum absolute atomic E-state index is 0.0619. The first-order valence-corrected chi connectivity index (χ1v) is 11.7. The Morgan fingerprint density at radius 2 is 1.82 bits per heavy atom. The summed E-state index contributed by atoms with van der Waals surface area (Å²) in [4.78, 5) is 12.3. The number of carbonyl (C=O) groups is 1. The molecule has 0 spiro atoms. The van der Waals surface area contributed by atoms with E-state index in [0.717, 1.165) is 37.7 Å². The van der Waals surface area contributed by atoms with E-state index in [4.69, 9.17) is 9.47 Å². The van der Waals surface area contributed by atoms with E-state index in [0.29, 0.717) is 30.6 Å². The molecule has 1 aromatic carbocycles. The Hall–Kier alpha value is -1.80. The van der Waals surface area contributed by atoms with Crippen molar-refractivity contribution < 1.29 is 22.7 Å². The van der Waals surface area contributed by atoms with E-state index in [1.54, 1.807) is 0 Å². The number of rotatable bonds is 6. The van der Waals surface area contributed by atoms with Gasteiger partial charge in [0, 0.05) is 12.5 Å². The molecule has 1 fully saturated rings. The predicted molar refractivity (Wildman–Crippen MR) is 107 cm³/mol. The van der Waals surface area contributed by atoms with Gasteiger partial charge in [-0.05, 0) is 56.2 Å². The molecule has 156 valence electrons. The van der Waals surface area contributed by atoms with Gasteiger partial charge in [-0.1, -0.05) is 13.0 Å². The highest BCUT2D eigenvalue weighted by atomic mass is 32.2. The highest BCUT2D eigenvalue weighted by Gasteiger charge is 2.25. The van der Waals surface area contributed by atoms with Crippen LogP contribution in [0.1, 0.15) is 57.6 Å². The summed E-state index contributed by atoms with van der Waals surface area (Å²) in [6.07, 6.45) is 4.51. The smallest absolute Gasteiger partial charge is 0.237 e. The molecule has 1 saturated carbocycles. The third-order valence-electron chi connectivity index (χ3n) is 5.33. The van der Waals surface area contributed by atoms with Gasteiger partial charge in [-0.15, -0.1) is 0 Å². The topological polar surface area (TPSA) is 93.7 Å². The molecule has 1 atom stereocenters. The Morgan fingerprint density at radius 3 is 2.54 bits per heavy atom. The van der Waals surface area contributed by atoms with Crippen molar-refractivity contribution in [1.82, 2.24) is 10.0 Å². The Morgan fingerprint density at radius 1 is 1.14 bits per heavy atom. The summed E-state index contributed by atoms with van der Waals surface area (Å²) in [5.74, 6) is 0.898. The predicted octanol–water partition coefficient (Wildman–Crippen LogP) is 2.52. The lowest BCUT2D eigenvalue weighted by Crippen LogP contribution is -2.42. The van der Waals surface area contributed by atoms with Gasteiger partial charge in [-0.3, -0.25) is 4.79 Å². The molecule has 1 heterocycles. The zero-order chi connectivity index (χ0) is 20.1. The monoisotopic (exact) mass is 410 g/mol. The molecule has 7 nitrogen and oxygen atoms in total. The molecule has 0 saturated heterocycles. The molecule has 8 heteroatoms. The molecule has 0 aromatic heterocycles. The van der Waals surface area contributed by atoms with Gasteiger partial charge in [-0.2, -0.15) is 0 Å². The van der Waals surface area contributed by atoms with Gasteiger partial charge in [-0.25, -0.2) is 13.1 Å². The fourth-order valence-corrected chi connectivity index (χ4v) is 4.92. The number of nitrogens with one attached hydrogen (secondary N) is 2. The zero-order valence-corrected chi connectivity index (χ0v) is 17.4. The van der Waals surface area contributed by atoms with Crippen LogP contribution >= 0.6 is 0 Å². The van der Waals surface area contributed by atoms with Crippen LogP contribution in [-0.4, -0.2) is 39.3 Å². The van der Waals surface area contributed by atoms with Crippen LogP contribution in [0, 0.1) is 5.92 Å². The lowest BCUT2D eigenvalue weighted by Gasteiger charge is -2.26. The van der Waals surface area contributed by atoms with Gasteiger partial charge < -0.3 is 14.8 Å². The second-order valence-corrected chi connectivity index (χ2v) is 9.63. The largest absolute Gasteiger partial charge is 0.490 e. The minimum atomic E-state index is -3.65. The van der Waals surface area contributed by atoms with Gasteiger partial charge in [0.15, 0.2) is 11.5 Å². The maximum atomic E-state index is 12.3. The molecule has 1 unspecified atom stereocenters. The molecule has 3 rings (SSSR count). The van der Waals surface area contributed by atoms with Crippen molar-refractivity contribution in [3.63, 3.8) is 0 Å². The molecule has 1 amide bonds. The summed E-state index contributed by atoms with van der Waals surface area (Å²) in [6, 6.07) is 5.11. The first-order chi connectivity index (χ1) is 13.3. The highest BCUT2D eigenvalue weighted by Crippen LogP contribution is 2.32. The van der Waals surface area contributed by atoms with Crippen LogP contribution in [-0.2, 0) is 14.8 Å². The summed E-state index contributed by atoms with van der Waals surface area (Å²) >= 11 is 0. The van der Waals surface area contributed by atoms with Crippen LogP contribution in [0.4, 0.5) is 0 Å². The molecule has 1 aliphatic heterocycles. The number of sulfonamides is 1. The van der Waals surface area contributed by atoms with Crippen molar-refractivity contribution in [2.45, 2.75) is 58.0 Å². The molecule has 1 aromatic rings. The second-order valence-electron chi connectivity index (χ2n) is 7.88. The fourth-order valence-electron chi connectivity index (χ4n) is 3.66. The van der Waals surface area contributed by atoms with E-state index in [2.05, 4.69) is 17.0 Å². The number of hydrogen-bond donors (Lipinski definition) is 2. The summed E-state index contributed by atoms with van der Waals surface area (Å²) in [5, 5.41) is 2.76. The highest BCUT2D eigenvalue weighted by molar-refractivity contribution is 7.90. The minimum Gasteiger partial charge on any atom is -0.490 e. The molecule has 1 aliphatic carbocycles. The van der Waals surface area contributed by atoms with Crippen molar-refractivity contribution in [3.05, 3.63) is 23.8 Å². The first-order valence-electron chi connectivity index (χ1n) is 10.0. The summed E-state index contributed by atoms with van der Waals surface area (Å²) < 4.78 is 38.6. The van der Waals surface area contributed by atoms with E-state index < -0.39 is 21.7 Å². The van der Waals surface area contributed by atoms with Crippen molar-refractivity contribution in [3.8, 4) is 11.5 Å². The van der Waals surface area contributed by atoms with E-state index in [9.17, 15) is 13.2 Å². The molecule has 2 N–H and O–H groups in total. The maximum Gasteiger partial charge on any atom is 0.237 e. The number of fused-ring (bicyclic) bond motifs is 1. The first kappa shape index (κ1) is 20.9. The molecular weight excluding hydrogens is 380 g/mol. The lowest BCUT2D eigenvalue weighted by atomic mass is 9.88. The summed E-state index contributed by atoms with van der Waals surface area (Å²) in [7, 11) is -3.65. The Labute approximate surface area is 167 Å². The number of amides is 1. The standard InChI is InChI=1S/C20H30N2O5S/c1-14-4-7-17(8-5-14)22-28(24,25)13-20(23)21-15(2)16-6-9-18-19(12-16)27-11-3-10-26-18/h6,9,12,14-15,17,22H,3-5,7-8,10-11,13H2,1-2H3,(H,21,23). The molecule has 28 heavy (non-hydrogen) atoms. The molecule has 0 radical (unpaired) electrons. The van der Waals surface area contributed by atoms with Crippen molar-refractivity contribution >= 4 is 15.9 Å². The van der Waals surface area contributed by atoms with Crippen LogP contribution in [0.2, 0.25) is 0 Å². The fraction of sp³-hybridized carbons (Fsp3) is 0.650. The van der Waals surface area contributed by atoms with Crippen molar-refractivity contribution in [2.75, 3.05) is 19.0 Å². The van der Waals surface area contributed by atoms with Gasteiger partial charge >= 0.3 is 0 Å². The average molecular weight is 411 g/mol. The van der Waals surface area contributed by atoms with Gasteiger partial charge in [0.2, 0.25) is 15.9 Å². The Balaban J connectivity index is 1.54. The molecule has 2 aliphatic rings. The van der Waals surface area contributed by atoms with E-state index in [-0.39, 0.29) is 12.1 Å². The number of ether oxygens (including phenoxy) is 2. The van der Waals surface area contributed by atoms with Crippen LogP contribution in [0.5, 0.6) is 11.5 Å². The van der Waals surface area contributed by atoms with Crippen LogP contribution in [0.3, 0.4) is 0 Å².